The summed E-state index contributed by atoms with van der Waals surface area (Å²) in [4.78, 5) is 9.98. The molecule has 0 spiro atoms. The molecular formula is C41H40Ge2N2. The van der Waals surface area contributed by atoms with Crippen molar-refractivity contribution in [3.63, 3.8) is 0 Å². The molecule has 222 valence electrons. The van der Waals surface area contributed by atoms with Gasteiger partial charge in [-0.05, 0) is 0 Å². The molecule has 7 rings (SSSR count). The maximum atomic E-state index is 4.99. The number of nitrogens with zero attached hydrogens (tertiary/aromatic N) is 2. The van der Waals surface area contributed by atoms with Gasteiger partial charge in [0, 0.05) is 0 Å². The van der Waals surface area contributed by atoms with Crippen LogP contribution in [0.1, 0.15) is 22.3 Å². The molecule has 0 amide bonds. The summed E-state index contributed by atoms with van der Waals surface area (Å²) in [6.07, 6.45) is 4.23. The van der Waals surface area contributed by atoms with E-state index in [1.807, 2.05) is 0 Å². The van der Waals surface area contributed by atoms with Gasteiger partial charge in [0.05, 0.1) is 0 Å². The van der Waals surface area contributed by atoms with Gasteiger partial charge in [-0.1, -0.05) is 0 Å². The second-order valence-electron chi connectivity index (χ2n) is 14.4. The quantitative estimate of drug-likeness (QED) is 0.161. The molecule has 2 aromatic heterocycles. The third-order valence-corrected chi connectivity index (χ3v) is 17.9. The fraction of sp³-hybridized carbons (Fsp3) is 0.171. The van der Waals surface area contributed by atoms with Gasteiger partial charge >= 0.3 is 275 Å². The van der Waals surface area contributed by atoms with Gasteiger partial charge in [0.2, 0.25) is 0 Å². The average molecular weight is 706 g/mol. The minimum atomic E-state index is -1.96. The van der Waals surface area contributed by atoms with Gasteiger partial charge in [-0.2, -0.15) is 0 Å². The van der Waals surface area contributed by atoms with Crippen LogP contribution >= 0.6 is 0 Å². The average Bonchev–Trinajstić information content (AvgIpc) is 3.35. The van der Waals surface area contributed by atoms with Gasteiger partial charge in [-0.3, -0.25) is 0 Å². The molecule has 45 heavy (non-hydrogen) atoms. The Morgan fingerprint density at radius 2 is 0.867 bits per heavy atom. The summed E-state index contributed by atoms with van der Waals surface area (Å²) in [5.74, 6) is 14.5. The van der Waals surface area contributed by atoms with Crippen LogP contribution in [0.5, 0.6) is 0 Å². The predicted molar refractivity (Wildman–Crippen MR) is 196 cm³/mol. The summed E-state index contributed by atoms with van der Waals surface area (Å²) in [6.45, 7) is 0. The summed E-state index contributed by atoms with van der Waals surface area (Å²) >= 11 is -3.92. The monoisotopic (exact) mass is 708 g/mol. The zero-order valence-electron chi connectivity index (χ0n) is 27.1. The molecule has 0 atom stereocenters. The van der Waals surface area contributed by atoms with Gasteiger partial charge in [0.15, 0.2) is 0 Å². The summed E-state index contributed by atoms with van der Waals surface area (Å²) in [5.41, 5.74) is 11.5. The Morgan fingerprint density at radius 3 is 1.24 bits per heavy atom. The number of benzene rings is 4. The molecule has 0 saturated heterocycles. The van der Waals surface area contributed by atoms with Gasteiger partial charge in [-0.25, -0.2) is 0 Å². The molecule has 0 saturated carbocycles. The van der Waals surface area contributed by atoms with Crippen molar-refractivity contribution in [2.75, 3.05) is 0 Å². The van der Waals surface area contributed by atoms with Crippen LogP contribution in [0, 0.1) is 0 Å². The molecule has 2 nitrogen and oxygen atoms in total. The molecule has 0 N–H and O–H groups in total. The molecule has 0 aliphatic heterocycles. The van der Waals surface area contributed by atoms with Crippen molar-refractivity contribution >= 4 is 35.3 Å². The van der Waals surface area contributed by atoms with E-state index in [4.69, 9.17) is 9.97 Å². The van der Waals surface area contributed by atoms with E-state index >= 15 is 0 Å². The summed E-state index contributed by atoms with van der Waals surface area (Å²) in [7, 11) is 0. The van der Waals surface area contributed by atoms with E-state index in [0.29, 0.717) is 0 Å². The summed E-state index contributed by atoms with van der Waals surface area (Å²) < 4.78 is 2.85. The van der Waals surface area contributed by atoms with Gasteiger partial charge in [-0.15, -0.1) is 0 Å². The Balaban J connectivity index is 1.45. The van der Waals surface area contributed by atoms with Crippen LogP contribution < -0.4 is 8.79 Å². The van der Waals surface area contributed by atoms with Crippen LogP contribution in [-0.4, -0.2) is 36.5 Å². The van der Waals surface area contributed by atoms with Crippen molar-refractivity contribution < 1.29 is 0 Å². The number of pyridine rings is 2. The zero-order valence-corrected chi connectivity index (χ0v) is 31.3. The number of rotatable bonds is 6. The molecule has 4 heteroatoms. The summed E-state index contributed by atoms with van der Waals surface area (Å²) in [6, 6.07) is 45.1. The van der Waals surface area contributed by atoms with Crippen LogP contribution in [0.25, 0.3) is 33.6 Å². The van der Waals surface area contributed by atoms with Crippen LogP contribution in [0.4, 0.5) is 0 Å². The molecule has 0 bridgehead atoms. The van der Waals surface area contributed by atoms with Crippen molar-refractivity contribution in [3.8, 4) is 33.6 Å². The van der Waals surface area contributed by atoms with Crippen molar-refractivity contribution in [1.82, 2.24) is 9.97 Å². The van der Waals surface area contributed by atoms with E-state index in [1.54, 1.807) is 0 Å². The molecule has 2 heterocycles. The zero-order chi connectivity index (χ0) is 31.4. The second kappa shape index (κ2) is 11.3. The van der Waals surface area contributed by atoms with Crippen molar-refractivity contribution in [1.29, 1.82) is 0 Å². The molecule has 0 unspecified atom stereocenters. The minimum absolute atomic E-state index is 0.486. The molecule has 1 aliphatic rings. The Labute approximate surface area is 273 Å². The second-order valence-corrected chi connectivity index (χ2v) is 35.7. The van der Waals surface area contributed by atoms with E-state index in [9.17, 15) is 0 Å². The molecule has 6 aromatic rings. The van der Waals surface area contributed by atoms with Crippen molar-refractivity contribution in [3.05, 3.63) is 156 Å². The molecule has 0 fully saturated rings. The Kier molecular flexibility index (Phi) is 7.49. The van der Waals surface area contributed by atoms with Gasteiger partial charge < -0.3 is 0 Å². The van der Waals surface area contributed by atoms with Crippen LogP contribution in [0.2, 0.25) is 34.5 Å². The summed E-state index contributed by atoms with van der Waals surface area (Å²) in [5, 5.41) is 0. The van der Waals surface area contributed by atoms with Gasteiger partial charge in [0.1, 0.15) is 0 Å². The molecule has 4 aromatic carbocycles. The number of aromatic nitrogens is 2. The van der Waals surface area contributed by atoms with Crippen LogP contribution in [0.15, 0.2) is 134 Å². The van der Waals surface area contributed by atoms with E-state index in [-0.39, 0.29) is 0 Å². The van der Waals surface area contributed by atoms with Crippen LogP contribution in [-0.2, 0) is 5.41 Å². The van der Waals surface area contributed by atoms with E-state index in [1.165, 1.54) is 42.2 Å². The third kappa shape index (κ3) is 5.22. The number of hydrogen-bond acceptors (Lipinski definition) is 2. The number of hydrogen-bond donors (Lipinski definition) is 0. The first-order valence-electron chi connectivity index (χ1n) is 15.9. The Morgan fingerprint density at radius 1 is 0.444 bits per heavy atom. The molecular weight excluding hydrogens is 666 g/mol. The Bertz CT molecular complexity index is 1870. The maximum absolute atomic E-state index is 4.99. The van der Waals surface area contributed by atoms with E-state index < -0.39 is 31.9 Å². The van der Waals surface area contributed by atoms with Crippen molar-refractivity contribution in [2.45, 2.75) is 40.0 Å². The molecule has 0 radical (unpaired) electrons. The predicted octanol–water partition coefficient (Wildman–Crippen LogP) is 9.26. The first kappa shape index (κ1) is 29.9. The third-order valence-electron chi connectivity index (χ3n) is 9.39. The fourth-order valence-corrected chi connectivity index (χ4v) is 11.2. The molecule has 1 aliphatic carbocycles. The normalized spacial score (nSPS) is 13.7. The first-order chi connectivity index (χ1) is 21.6. The van der Waals surface area contributed by atoms with Gasteiger partial charge in [0.25, 0.3) is 0 Å². The topological polar surface area (TPSA) is 25.8 Å². The Hall–Kier alpha value is -3.73. The van der Waals surface area contributed by atoms with Crippen molar-refractivity contribution in [2.24, 2.45) is 0 Å². The van der Waals surface area contributed by atoms with Crippen LogP contribution in [0.3, 0.4) is 0 Å². The SMILES string of the molecule is [CH3][Ge]([CH3])([CH3])[c]1ccc(-c2cccc(C3(c4cccc(-c5cc[c]([Ge]([CH3])([CH3])[CH3])cn5)c4)c4ccccc4-c4ccccc43)c2)nc1. The number of fused-ring (bicyclic) bond motifs is 3. The van der Waals surface area contributed by atoms with E-state index in [2.05, 4.69) is 168 Å². The van der Waals surface area contributed by atoms with E-state index in [0.717, 1.165) is 22.5 Å². The standard InChI is InChI=1S/C41H40Ge2N2/c1-42(2,3)33-21-23-39(44-27-33)29-13-11-15-31(25-29)41(37-19-9-7-17-35(37)36-18-8-10-20-38(36)41)32-16-12-14-30(26-32)40-24-22-34(28-45-40)43(4,5)6/h7-28H,1-6H3. The first-order valence-corrected chi connectivity index (χ1v) is 30.6. The fourth-order valence-electron chi connectivity index (χ4n) is 6.86.